The minimum Gasteiger partial charge on any atom is -0.378 e. The van der Waals surface area contributed by atoms with Gasteiger partial charge < -0.3 is 9.47 Å². The first-order valence-corrected chi connectivity index (χ1v) is 12.1. The number of rotatable bonds is 12. The SMILES string of the molecule is CC(CCC(=O)NO)OCCC1C2CCC(O2)C1CCSCC1CCCC1. The lowest BCUT2D eigenvalue weighted by atomic mass is 9.76. The van der Waals surface area contributed by atoms with Crippen LogP contribution in [0, 0.1) is 17.8 Å². The third-order valence-electron chi connectivity index (χ3n) is 6.77. The second-order valence-corrected chi connectivity index (χ2v) is 9.83. The number of thioether (sulfide) groups is 1. The number of hydrogen-bond acceptors (Lipinski definition) is 5. The molecule has 2 aliphatic heterocycles. The molecule has 1 aliphatic carbocycles. The molecule has 0 radical (unpaired) electrons. The van der Waals surface area contributed by atoms with E-state index in [0.29, 0.717) is 36.9 Å². The summed E-state index contributed by atoms with van der Waals surface area (Å²) in [5.74, 6) is 4.61. The molecule has 2 bridgehead atoms. The van der Waals surface area contributed by atoms with Gasteiger partial charge in [0, 0.05) is 13.0 Å². The Morgan fingerprint density at radius 3 is 2.59 bits per heavy atom. The van der Waals surface area contributed by atoms with Crippen LogP contribution in [0.1, 0.15) is 71.1 Å². The van der Waals surface area contributed by atoms with Crippen LogP contribution in [-0.4, -0.2) is 47.5 Å². The van der Waals surface area contributed by atoms with Crippen LogP contribution in [-0.2, 0) is 14.3 Å². The lowest BCUT2D eigenvalue weighted by molar-refractivity contribution is -0.129. The Bertz CT molecular complexity index is 457. The van der Waals surface area contributed by atoms with E-state index in [1.165, 1.54) is 56.5 Å². The van der Waals surface area contributed by atoms with E-state index >= 15 is 0 Å². The Labute approximate surface area is 168 Å². The highest BCUT2D eigenvalue weighted by atomic mass is 32.2. The molecular formula is C21H37NO4S. The van der Waals surface area contributed by atoms with Gasteiger partial charge in [-0.1, -0.05) is 12.8 Å². The fourth-order valence-corrected chi connectivity index (χ4v) is 6.47. The summed E-state index contributed by atoms with van der Waals surface area (Å²) in [4.78, 5) is 11.1. The fourth-order valence-electron chi connectivity index (χ4n) is 5.20. The van der Waals surface area contributed by atoms with E-state index in [9.17, 15) is 4.79 Å². The Morgan fingerprint density at radius 1 is 1.19 bits per heavy atom. The second kappa shape index (κ2) is 11.0. The molecular weight excluding hydrogens is 362 g/mol. The monoisotopic (exact) mass is 399 g/mol. The van der Waals surface area contributed by atoms with E-state index in [-0.39, 0.29) is 12.0 Å². The van der Waals surface area contributed by atoms with Crippen molar-refractivity contribution in [3.05, 3.63) is 0 Å². The van der Waals surface area contributed by atoms with E-state index in [0.717, 1.165) is 18.9 Å². The number of hydrogen-bond donors (Lipinski definition) is 2. The average Bonchev–Trinajstić information content (AvgIpc) is 3.41. The minimum atomic E-state index is -0.345. The zero-order valence-corrected chi connectivity index (χ0v) is 17.6. The maximum atomic E-state index is 11.1. The van der Waals surface area contributed by atoms with E-state index in [4.69, 9.17) is 14.7 Å². The molecule has 27 heavy (non-hydrogen) atoms. The molecule has 6 heteroatoms. The first-order valence-electron chi connectivity index (χ1n) is 10.9. The first-order chi connectivity index (χ1) is 13.2. The lowest BCUT2D eigenvalue weighted by Gasteiger charge is -2.28. The van der Waals surface area contributed by atoms with Crippen LogP contribution in [0.4, 0.5) is 0 Å². The van der Waals surface area contributed by atoms with Crippen LogP contribution in [0.2, 0.25) is 0 Å². The van der Waals surface area contributed by atoms with Crippen molar-refractivity contribution in [1.82, 2.24) is 5.48 Å². The van der Waals surface area contributed by atoms with E-state index in [1.807, 2.05) is 6.92 Å². The summed E-state index contributed by atoms with van der Waals surface area (Å²) >= 11 is 2.16. The zero-order chi connectivity index (χ0) is 19.1. The summed E-state index contributed by atoms with van der Waals surface area (Å²) in [6.07, 6.45) is 12.5. The molecule has 2 N–H and O–H groups in total. The van der Waals surface area contributed by atoms with Crippen LogP contribution in [0.3, 0.4) is 0 Å². The standard InChI is InChI=1S/C21H37NO4S/c1-15(6-9-21(23)22-24)25-12-10-17-18(20-8-7-19(17)26-20)11-13-27-14-16-4-2-3-5-16/h15-20,24H,2-14H2,1H3,(H,22,23). The van der Waals surface area contributed by atoms with Crippen molar-refractivity contribution in [2.24, 2.45) is 17.8 Å². The summed E-state index contributed by atoms with van der Waals surface area (Å²) in [5, 5.41) is 8.55. The van der Waals surface area contributed by atoms with E-state index < -0.39 is 0 Å². The summed E-state index contributed by atoms with van der Waals surface area (Å²) in [7, 11) is 0. The lowest BCUT2D eigenvalue weighted by Crippen LogP contribution is -2.29. The highest BCUT2D eigenvalue weighted by Gasteiger charge is 2.47. The quantitative estimate of drug-likeness (QED) is 0.293. The summed E-state index contributed by atoms with van der Waals surface area (Å²) < 4.78 is 12.2. The Hall–Kier alpha value is -0.300. The van der Waals surface area contributed by atoms with Gasteiger partial charge in [-0.25, -0.2) is 5.48 Å². The largest absolute Gasteiger partial charge is 0.378 e. The van der Waals surface area contributed by atoms with Crippen molar-refractivity contribution in [2.75, 3.05) is 18.1 Å². The molecule has 5 nitrogen and oxygen atoms in total. The maximum Gasteiger partial charge on any atom is 0.243 e. The number of carbonyl (C=O) groups excluding carboxylic acids is 1. The maximum absolute atomic E-state index is 11.1. The predicted octanol–water partition coefficient (Wildman–Crippen LogP) is 4.17. The van der Waals surface area contributed by atoms with Gasteiger partial charge in [-0.15, -0.1) is 0 Å². The van der Waals surface area contributed by atoms with Crippen LogP contribution >= 0.6 is 11.8 Å². The van der Waals surface area contributed by atoms with E-state index in [1.54, 1.807) is 5.48 Å². The van der Waals surface area contributed by atoms with Gasteiger partial charge in [-0.2, -0.15) is 11.8 Å². The van der Waals surface area contributed by atoms with Crippen molar-refractivity contribution < 1.29 is 19.5 Å². The zero-order valence-electron chi connectivity index (χ0n) is 16.7. The molecule has 1 saturated carbocycles. The molecule has 5 atom stereocenters. The van der Waals surface area contributed by atoms with Crippen LogP contribution in [0.25, 0.3) is 0 Å². The number of fused-ring (bicyclic) bond motifs is 2. The average molecular weight is 400 g/mol. The summed E-state index contributed by atoms with van der Waals surface area (Å²) in [6.45, 7) is 2.74. The van der Waals surface area contributed by atoms with Gasteiger partial charge >= 0.3 is 0 Å². The molecule has 0 aromatic rings. The molecule has 0 aromatic carbocycles. The van der Waals surface area contributed by atoms with Crippen molar-refractivity contribution in [2.45, 2.75) is 89.4 Å². The molecule has 3 rings (SSSR count). The molecule has 3 aliphatic rings. The Morgan fingerprint density at radius 2 is 1.89 bits per heavy atom. The van der Waals surface area contributed by atoms with Crippen LogP contribution in [0.15, 0.2) is 0 Å². The van der Waals surface area contributed by atoms with E-state index in [2.05, 4.69) is 11.8 Å². The van der Waals surface area contributed by atoms with Gasteiger partial charge in [-0.3, -0.25) is 10.0 Å². The fraction of sp³-hybridized carbons (Fsp3) is 0.952. The van der Waals surface area contributed by atoms with Gasteiger partial charge in [0.05, 0.1) is 18.3 Å². The Balaban J connectivity index is 1.33. The normalized spacial score (nSPS) is 31.5. The van der Waals surface area contributed by atoms with Crippen molar-refractivity contribution in [3.8, 4) is 0 Å². The summed E-state index contributed by atoms with van der Waals surface area (Å²) in [6, 6.07) is 0. The van der Waals surface area contributed by atoms with Crippen LogP contribution < -0.4 is 5.48 Å². The first kappa shape index (κ1) is 21.4. The van der Waals surface area contributed by atoms with Crippen molar-refractivity contribution in [3.63, 3.8) is 0 Å². The number of amides is 1. The van der Waals surface area contributed by atoms with Gasteiger partial charge in [0.2, 0.25) is 5.91 Å². The molecule has 5 unspecified atom stereocenters. The smallest absolute Gasteiger partial charge is 0.243 e. The number of nitrogens with one attached hydrogen (secondary N) is 1. The Kier molecular flexibility index (Phi) is 8.75. The third-order valence-corrected chi connectivity index (χ3v) is 8.00. The molecule has 1 amide bonds. The van der Waals surface area contributed by atoms with Crippen molar-refractivity contribution >= 4 is 17.7 Å². The van der Waals surface area contributed by atoms with Crippen LogP contribution in [0.5, 0.6) is 0 Å². The number of hydroxylamine groups is 1. The molecule has 156 valence electrons. The van der Waals surface area contributed by atoms with Crippen molar-refractivity contribution in [1.29, 1.82) is 0 Å². The highest BCUT2D eigenvalue weighted by Crippen LogP contribution is 2.47. The molecule has 2 heterocycles. The summed E-state index contributed by atoms with van der Waals surface area (Å²) in [5.41, 5.74) is 1.67. The number of ether oxygens (including phenoxy) is 2. The molecule has 0 spiro atoms. The van der Waals surface area contributed by atoms with Gasteiger partial charge in [0.1, 0.15) is 0 Å². The topological polar surface area (TPSA) is 67.8 Å². The predicted molar refractivity (Wildman–Crippen MR) is 108 cm³/mol. The van der Waals surface area contributed by atoms with Gasteiger partial charge in [-0.05, 0) is 81.1 Å². The third kappa shape index (κ3) is 6.34. The van der Waals surface area contributed by atoms with Gasteiger partial charge in [0.25, 0.3) is 0 Å². The minimum absolute atomic E-state index is 0.0437. The molecule has 3 fully saturated rings. The molecule has 2 saturated heterocycles. The second-order valence-electron chi connectivity index (χ2n) is 8.68. The number of carbonyl (C=O) groups is 1. The highest BCUT2D eigenvalue weighted by molar-refractivity contribution is 7.99. The van der Waals surface area contributed by atoms with Gasteiger partial charge in [0.15, 0.2) is 0 Å². The molecule has 0 aromatic heterocycles.